The molecular formula is C20H22F3N7O. The number of halogens is 3. The van der Waals surface area contributed by atoms with Gasteiger partial charge in [-0.15, -0.1) is 0 Å². The second kappa shape index (κ2) is 7.24. The third kappa shape index (κ3) is 3.72. The van der Waals surface area contributed by atoms with E-state index in [2.05, 4.69) is 42.9 Å². The molecule has 11 heteroatoms. The number of aromatic nitrogens is 5. The third-order valence-corrected chi connectivity index (χ3v) is 5.85. The summed E-state index contributed by atoms with van der Waals surface area (Å²) in [6, 6.07) is 2.63. The van der Waals surface area contributed by atoms with Crippen molar-refractivity contribution in [3.63, 3.8) is 0 Å². The Morgan fingerprint density at radius 3 is 2.65 bits per heavy atom. The van der Waals surface area contributed by atoms with E-state index in [1.165, 1.54) is 0 Å². The molecule has 0 unspecified atom stereocenters. The largest absolute Gasteiger partial charge is 0.490 e. The second-order valence-electron chi connectivity index (χ2n) is 8.29. The Bertz CT molecular complexity index is 1090. The zero-order valence-corrected chi connectivity index (χ0v) is 17.1. The lowest BCUT2D eigenvalue weighted by atomic mass is 9.81. The quantitative estimate of drug-likeness (QED) is 0.659. The lowest BCUT2D eigenvalue weighted by molar-refractivity contribution is -0.145. The van der Waals surface area contributed by atoms with Crippen molar-refractivity contribution in [1.82, 2.24) is 24.5 Å². The van der Waals surface area contributed by atoms with E-state index in [1.807, 2.05) is 13.1 Å². The van der Waals surface area contributed by atoms with E-state index in [0.29, 0.717) is 24.5 Å². The molecule has 1 N–H and O–H groups in total. The van der Waals surface area contributed by atoms with Crippen molar-refractivity contribution in [2.75, 3.05) is 30.4 Å². The van der Waals surface area contributed by atoms with E-state index in [4.69, 9.17) is 9.72 Å². The summed E-state index contributed by atoms with van der Waals surface area (Å²) in [7, 11) is 2.04. The fraction of sp³-hybridized carbons (Fsp3) is 0.500. The van der Waals surface area contributed by atoms with Crippen LogP contribution < -0.4 is 15.0 Å². The van der Waals surface area contributed by atoms with Crippen LogP contribution in [0.5, 0.6) is 5.75 Å². The van der Waals surface area contributed by atoms with Gasteiger partial charge in [0.25, 0.3) is 0 Å². The number of ether oxygens (including phenoxy) is 1. The molecule has 3 aromatic heterocycles. The minimum atomic E-state index is -4.55. The topological polar surface area (TPSA) is 81.0 Å². The zero-order valence-electron chi connectivity index (χ0n) is 17.1. The molecule has 5 rings (SSSR count). The van der Waals surface area contributed by atoms with Crippen LogP contribution in [0.4, 0.5) is 24.9 Å². The number of anilines is 2. The monoisotopic (exact) mass is 433 g/mol. The van der Waals surface area contributed by atoms with E-state index < -0.39 is 12.0 Å². The van der Waals surface area contributed by atoms with Crippen LogP contribution >= 0.6 is 0 Å². The Balaban J connectivity index is 1.17. The first-order chi connectivity index (χ1) is 14.8. The Morgan fingerprint density at radius 1 is 1.19 bits per heavy atom. The lowest BCUT2D eigenvalue weighted by Crippen LogP contribution is -2.39. The van der Waals surface area contributed by atoms with Crippen LogP contribution in [0.25, 0.3) is 11.0 Å². The van der Waals surface area contributed by atoms with Crippen LogP contribution in [-0.2, 0) is 6.18 Å². The van der Waals surface area contributed by atoms with Gasteiger partial charge in [-0.2, -0.15) is 18.2 Å². The summed E-state index contributed by atoms with van der Waals surface area (Å²) in [5, 5.41) is 3.40. The van der Waals surface area contributed by atoms with Gasteiger partial charge >= 0.3 is 6.18 Å². The van der Waals surface area contributed by atoms with Crippen LogP contribution in [0.3, 0.4) is 0 Å². The predicted molar refractivity (Wildman–Crippen MR) is 108 cm³/mol. The minimum absolute atomic E-state index is 0.233. The van der Waals surface area contributed by atoms with Gasteiger partial charge in [-0.05, 0) is 31.7 Å². The standard InChI is InChI=1S/C20H22F3N7O/c1-11-9-29(2)17-16-15(3-4-30(11)16)27-19(28-17)26-13-5-12(6-13)10-31-14-7-24-18(25-8-14)20(21,22)23/h3-4,7-8,11-13H,5-6,9-10H2,1-2H3,(H,26,27,28)/t11-,12?,13?/m1/s1. The Labute approximate surface area is 176 Å². The van der Waals surface area contributed by atoms with E-state index in [1.54, 1.807) is 0 Å². The summed E-state index contributed by atoms with van der Waals surface area (Å²) in [6.45, 7) is 3.48. The summed E-state index contributed by atoms with van der Waals surface area (Å²) < 4.78 is 45.3. The number of alkyl halides is 3. The number of rotatable bonds is 5. The first-order valence-corrected chi connectivity index (χ1v) is 10.2. The second-order valence-corrected chi connectivity index (χ2v) is 8.29. The van der Waals surface area contributed by atoms with Gasteiger partial charge < -0.3 is 19.5 Å². The maximum absolute atomic E-state index is 12.5. The highest BCUT2D eigenvalue weighted by Gasteiger charge is 2.35. The Morgan fingerprint density at radius 2 is 1.94 bits per heavy atom. The van der Waals surface area contributed by atoms with E-state index in [-0.39, 0.29) is 11.8 Å². The molecule has 0 amide bonds. The number of hydrogen-bond acceptors (Lipinski definition) is 7. The molecule has 2 aliphatic rings. The van der Waals surface area contributed by atoms with Gasteiger partial charge in [0.1, 0.15) is 5.52 Å². The van der Waals surface area contributed by atoms with Gasteiger partial charge in [0.2, 0.25) is 11.8 Å². The van der Waals surface area contributed by atoms with Gasteiger partial charge in [-0.1, -0.05) is 0 Å². The summed E-state index contributed by atoms with van der Waals surface area (Å²) in [4.78, 5) is 18.2. The summed E-state index contributed by atoms with van der Waals surface area (Å²) >= 11 is 0. The molecule has 1 atom stereocenters. The van der Waals surface area contributed by atoms with Gasteiger partial charge in [0.15, 0.2) is 11.6 Å². The fourth-order valence-electron chi connectivity index (χ4n) is 4.24. The first-order valence-electron chi connectivity index (χ1n) is 10.2. The van der Waals surface area contributed by atoms with Crippen LogP contribution in [0.1, 0.15) is 31.6 Å². The van der Waals surface area contributed by atoms with Crippen molar-refractivity contribution >= 4 is 22.8 Å². The van der Waals surface area contributed by atoms with Gasteiger partial charge in [-0.3, -0.25) is 0 Å². The van der Waals surface area contributed by atoms with E-state index in [0.717, 1.165) is 48.6 Å². The molecule has 8 nitrogen and oxygen atoms in total. The SMILES string of the molecule is C[C@@H]1CN(C)c2nc(NC3CC(COc4cnc(C(F)(F)F)nc4)C3)nc3ccn1c23. The predicted octanol–water partition coefficient (Wildman–Crippen LogP) is 3.52. The Kier molecular flexibility index (Phi) is 4.63. The highest BCUT2D eigenvalue weighted by atomic mass is 19.4. The lowest BCUT2D eigenvalue weighted by Gasteiger charge is -2.36. The molecule has 1 saturated carbocycles. The molecule has 4 heterocycles. The van der Waals surface area contributed by atoms with Crippen molar-refractivity contribution in [1.29, 1.82) is 0 Å². The molecule has 1 aliphatic heterocycles. The molecule has 0 radical (unpaired) electrons. The molecule has 31 heavy (non-hydrogen) atoms. The zero-order chi connectivity index (χ0) is 21.8. The van der Waals surface area contributed by atoms with E-state index in [9.17, 15) is 13.2 Å². The van der Waals surface area contributed by atoms with Gasteiger partial charge in [0.05, 0.1) is 24.5 Å². The van der Waals surface area contributed by atoms with Crippen molar-refractivity contribution < 1.29 is 17.9 Å². The molecule has 164 valence electrons. The maximum Gasteiger partial charge on any atom is 0.451 e. The summed E-state index contributed by atoms with van der Waals surface area (Å²) in [6.07, 6.45) is 1.36. The van der Waals surface area contributed by atoms with Crippen LogP contribution in [0, 0.1) is 5.92 Å². The summed E-state index contributed by atoms with van der Waals surface area (Å²) in [5.41, 5.74) is 1.98. The van der Waals surface area contributed by atoms with Crippen molar-refractivity contribution in [2.24, 2.45) is 5.92 Å². The molecule has 0 spiro atoms. The van der Waals surface area contributed by atoms with Crippen molar-refractivity contribution in [3.05, 3.63) is 30.5 Å². The van der Waals surface area contributed by atoms with Crippen molar-refractivity contribution in [3.8, 4) is 5.75 Å². The maximum atomic E-state index is 12.5. The van der Waals surface area contributed by atoms with Crippen LogP contribution in [-0.4, -0.2) is 50.7 Å². The molecule has 3 aromatic rings. The normalized spacial score (nSPS) is 23.0. The number of nitrogens with zero attached hydrogens (tertiary/aromatic N) is 6. The third-order valence-electron chi connectivity index (χ3n) is 5.85. The average Bonchev–Trinajstić information content (AvgIpc) is 3.12. The number of likely N-dealkylation sites (N-methyl/N-ethyl adjacent to an activating group) is 1. The molecule has 0 aromatic carbocycles. The van der Waals surface area contributed by atoms with E-state index >= 15 is 0 Å². The fourth-order valence-corrected chi connectivity index (χ4v) is 4.24. The highest BCUT2D eigenvalue weighted by Crippen LogP contribution is 2.35. The first kappa shape index (κ1) is 19.8. The summed E-state index contributed by atoms with van der Waals surface area (Å²) in [5.74, 6) is 0.907. The molecular weight excluding hydrogens is 411 g/mol. The highest BCUT2D eigenvalue weighted by molar-refractivity contribution is 5.89. The van der Waals surface area contributed by atoms with Gasteiger partial charge in [-0.25, -0.2) is 15.0 Å². The van der Waals surface area contributed by atoms with Crippen LogP contribution in [0.2, 0.25) is 0 Å². The number of hydrogen-bond donors (Lipinski definition) is 1. The molecule has 1 aliphatic carbocycles. The number of nitrogens with one attached hydrogen (secondary N) is 1. The minimum Gasteiger partial charge on any atom is -0.490 e. The smallest absolute Gasteiger partial charge is 0.451 e. The van der Waals surface area contributed by atoms with Crippen LogP contribution in [0.15, 0.2) is 24.7 Å². The average molecular weight is 433 g/mol. The van der Waals surface area contributed by atoms with Crippen molar-refractivity contribution in [2.45, 2.75) is 38.0 Å². The van der Waals surface area contributed by atoms with Gasteiger partial charge in [0, 0.05) is 31.9 Å². The molecule has 0 saturated heterocycles. The molecule has 1 fully saturated rings. The Hall–Kier alpha value is -3.11. The molecule has 0 bridgehead atoms.